The summed E-state index contributed by atoms with van der Waals surface area (Å²) in [5.41, 5.74) is 2.40. The van der Waals surface area contributed by atoms with Gasteiger partial charge in [0, 0.05) is 24.8 Å². The number of carbonyl (C=O) groups is 1. The zero-order chi connectivity index (χ0) is 15.3. The van der Waals surface area contributed by atoms with Crippen LogP contribution in [0.3, 0.4) is 0 Å². The number of nitrogens with one attached hydrogen (secondary N) is 2. The van der Waals surface area contributed by atoms with Gasteiger partial charge in [-0.3, -0.25) is 9.78 Å². The van der Waals surface area contributed by atoms with Crippen LogP contribution in [0, 0.1) is 19.3 Å². The zero-order valence-corrected chi connectivity index (χ0v) is 15.6. The van der Waals surface area contributed by atoms with E-state index in [-0.39, 0.29) is 36.1 Å². The van der Waals surface area contributed by atoms with E-state index in [1.807, 2.05) is 26.0 Å². The molecule has 1 aromatic heterocycles. The molecule has 0 saturated carbocycles. The van der Waals surface area contributed by atoms with E-state index >= 15 is 0 Å². The minimum Gasteiger partial charge on any atom is -0.384 e. The average Bonchev–Trinajstić information content (AvgIpc) is 2.46. The van der Waals surface area contributed by atoms with Gasteiger partial charge in [-0.05, 0) is 51.9 Å². The SMILES string of the molecule is COCC1(CNC(=O)c2ccc(C)nc2C)CCNCC1.Cl.Cl. The Hall–Kier alpha value is -0.880. The first-order chi connectivity index (χ1) is 10.1. The molecule has 1 fully saturated rings. The summed E-state index contributed by atoms with van der Waals surface area (Å²) < 4.78 is 5.37. The fourth-order valence-electron chi connectivity index (χ4n) is 2.92. The van der Waals surface area contributed by atoms with Crippen molar-refractivity contribution in [3.8, 4) is 0 Å². The van der Waals surface area contributed by atoms with Gasteiger partial charge in [-0.15, -0.1) is 24.8 Å². The summed E-state index contributed by atoms with van der Waals surface area (Å²) in [5.74, 6) is -0.0472. The number of methoxy groups -OCH3 is 1. The lowest BCUT2D eigenvalue weighted by Gasteiger charge is -2.37. The van der Waals surface area contributed by atoms with Crippen molar-refractivity contribution in [2.45, 2.75) is 26.7 Å². The molecule has 1 aromatic rings. The molecule has 132 valence electrons. The third-order valence-electron chi connectivity index (χ3n) is 4.21. The second-order valence-corrected chi connectivity index (χ2v) is 5.95. The van der Waals surface area contributed by atoms with Crippen LogP contribution in [0.5, 0.6) is 0 Å². The number of rotatable bonds is 5. The number of amides is 1. The van der Waals surface area contributed by atoms with Gasteiger partial charge in [-0.1, -0.05) is 0 Å². The number of ether oxygens (including phenoxy) is 1. The van der Waals surface area contributed by atoms with Crippen LogP contribution in [0.25, 0.3) is 0 Å². The third kappa shape index (κ3) is 5.92. The number of halogens is 2. The average molecular weight is 364 g/mol. The maximum atomic E-state index is 12.4. The molecule has 2 heterocycles. The highest BCUT2D eigenvalue weighted by Crippen LogP contribution is 2.28. The van der Waals surface area contributed by atoms with Crippen LogP contribution in [-0.2, 0) is 4.74 Å². The van der Waals surface area contributed by atoms with Crippen molar-refractivity contribution in [2.75, 3.05) is 33.4 Å². The first-order valence-electron chi connectivity index (χ1n) is 7.48. The topological polar surface area (TPSA) is 63.2 Å². The Balaban J connectivity index is 0.00000242. The lowest BCUT2D eigenvalue weighted by molar-refractivity contribution is 0.0511. The first-order valence-corrected chi connectivity index (χ1v) is 7.48. The van der Waals surface area contributed by atoms with Gasteiger partial charge in [0.15, 0.2) is 0 Å². The number of piperidine rings is 1. The molecule has 2 rings (SSSR count). The molecule has 0 radical (unpaired) electrons. The van der Waals surface area contributed by atoms with Gasteiger partial charge in [-0.2, -0.15) is 0 Å². The predicted molar refractivity (Wildman–Crippen MR) is 97.0 cm³/mol. The fraction of sp³-hybridized carbons (Fsp3) is 0.625. The van der Waals surface area contributed by atoms with Gasteiger partial charge in [0.1, 0.15) is 0 Å². The molecule has 23 heavy (non-hydrogen) atoms. The minimum atomic E-state index is -0.0472. The first kappa shape index (κ1) is 22.1. The lowest BCUT2D eigenvalue weighted by Crippen LogP contribution is -2.47. The maximum absolute atomic E-state index is 12.4. The van der Waals surface area contributed by atoms with Crippen molar-refractivity contribution >= 4 is 30.7 Å². The summed E-state index contributed by atoms with van der Waals surface area (Å²) in [6, 6.07) is 3.72. The predicted octanol–water partition coefficient (Wildman–Crippen LogP) is 2.29. The number of aromatic nitrogens is 1. The van der Waals surface area contributed by atoms with E-state index in [2.05, 4.69) is 15.6 Å². The Labute approximate surface area is 150 Å². The van der Waals surface area contributed by atoms with E-state index in [0.29, 0.717) is 18.7 Å². The third-order valence-corrected chi connectivity index (χ3v) is 4.21. The molecular formula is C16H27Cl2N3O2. The molecule has 1 aliphatic heterocycles. The van der Waals surface area contributed by atoms with Crippen LogP contribution >= 0.6 is 24.8 Å². The van der Waals surface area contributed by atoms with E-state index in [9.17, 15) is 4.79 Å². The summed E-state index contributed by atoms with van der Waals surface area (Å²) in [7, 11) is 1.72. The second kappa shape index (κ2) is 10.1. The van der Waals surface area contributed by atoms with Gasteiger partial charge in [-0.25, -0.2) is 0 Å². The van der Waals surface area contributed by atoms with Gasteiger partial charge in [0.05, 0.1) is 17.9 Å². The number of nitrogens with zero attached hydrogens (tertiary/aromatic N) is 1. The van der Waals surface area contributed by atoms with E-state index in [4.69, 9.17) is 4.74 Å². The summed E-state index contributed by atoms with van der Waals surface area (Å²) in [6.07, 6.45) is 2.04. The Kier molecular flexibility index (Phi) is 9.70. The van der Waals surface area contributed by atoms with Crippen LogP contribution in [0.2, 0.25) is 0 Å². The van der Waals surface area contributed by atoms with Gasteiger partial charge >= 0.3 is 0 Å². The van der Waals surface area contributed by atoms with E-state index in [1.165, 1.54) is 0 Å². The van der Waals surface area contributed by atoms with Crippen molar-refractivity contribution in [3.63, 3.8) is 0 Å². The minimum absolute atomic E-state index is 0. The second-order valence-electron chi connectivity index (χ2n) is 5.95. The molecule has 0 atom stereocenters. The Morgan fingerprint density at radius 1 is 1.30 bits per heavy atom. The van der Waals surface area contributed by atoms with Crippen molar-refractivity contribution in [3.05, 3.63) is 29.1 Å². The summed E-state index contributed by atoms with van der Waals surface area (Å²) in [5, 5.41) is 6.42. The summed E-state index contributed by atoms with van der Waals surface area (Å²) in [6.45, 7) is 7.08. The molecule has 0 unspecified atom stereocenters. The molecular weight excluding hydrogens is 337 g/mol. The normalized spacial score (nSPS) is 16.0. The molecule has 0 spiro atoms. The van der Waals surface area contributed by atoms with Gasteiger partial charge < -0.3 is 15.4 Å². The summed E-state index contributed by atoms with van der Waals surface area (Å²) >= 11 is 0. The molecule has 1 saturated heterocycles. The lowest BCUT2D eigenvalue weighted by atomic mass is 9.79. The van der Waals surface area contributed by atoms with Gasteiger partial charge in [0.25, 0.3) is 5.91 Å². The van der Waals surface area contributed by atoms with E-state index < -0.39 is 0 Å². The summed E-state index contributed by atoms with van der Waals surface area (Å²) in [4.78, 5) is 16.7. The van der Waals surface area contributed by atoms with Crippen molar-refractivity contribution in [1.82, 2.24) is 15.6 Å². The van der Waals surface area contributed by atoms with Crippen molar-refractivity contribution in [1.29, 1.82) is 0 Å². The molecule has 7 heteroatoms. The zero-order valence-electron chi connectivity index (χ0n) is 14.0. The van der Waals surface area contributed by atoms with Crippen LogP contribution in [0.1, 0.15) is 34.6 Å². The fourth-order valence-corrected chi connectivity index (χ4v) is 2.92. The molecule has 0 aromatic carbocycles. The van der Waals surface area contributed by atoms with Crippen molar-refractivity contribution < 1.29 is 9.53 Å². The van der Waals surface area contributed by atoms with E-state index in [0.717, 1.165) is 37.3 Å². The molecule has 1 amide bonds. The standard InChI is InChI=1S/C16H25N3O2.2ClH/c1-12-4-5-14(13(2)19-12)15(20)18-10-16(11-21-3)6-8-17-9-7-16;;/h4-5,17H,6-11H2,1-3H3,(H,18,20);2*1H. The number of hydrogen-bond donors (Lipinski definition) is 2. The number of aryl methyl sites for hydroxylation is 2. The quantitative estimate of drug-likeness (QED) is 0.842. The van der Waals surface area contributed by atoms with Crippen LogP contribution in [0.15, 0.2) is 12.1 Å². The largest absolute Gasteiger partial charge is 0.384 e. The Morgan fingerprint density at radius 3 is 2.52 bits per heavy atom. The molecule has 0 aliphatic carbocycles. The van der Waals surface area contributed by atoms with Crippen molar-refractivity contribution in [2.24, 2.45) is 5.41 Å². The number of pyridine rings is 1. The molecule has 2 N–H and O–H groups in total. The molecule has 5 nitrogen and oxygen atoms in total. The van der Waals surface area contributed by atoms with Crippen LogP contribution in [0.4, 0.5) is 0 Å². The highest BCUT2D eigenvalue weighted by atomic mass is 35.5. The maximum Gasteiger partial charge on any atom is 0.253 e. The van der Waals surface area contributed by atoms with Crippen LogP contribution in [-0.4, -0.2) is 44.2 Å². The van der Waals surface area contributed by atoms with Crippen LogP contribution < -0.4 is 10.6 Å². The molecule has 0 bridgehead atoms. The Bertz CT molecular complexity index is 501. The molecule has 1 aliphatic rings. The Morgan fingerprint density at radius 2 is 1.96 bits per heavy atom. The van der Waals surface area contributed by atoms with E-state index in [1.54, 1.807) is 7.11 Å². The monoisotopic (exact) mass is 363 g/mol. The number of hydrogen-bond acceptors (Lipinski definition) is 4. The smallest absolute Gasteiger partial charge is 0.253 e. The number of carbonyl (C=O) groups excluding carboxylic acids is 1. The van der Waals surface area contributed by atoms with Gasteiger partial charge in [0.2, 0.25) is 0 Å². The highest BCUT2D eigenvalue weighted by molar-refractivity contribution is 5.95. The highest BCUT2D eigenvalue weighted by Gasteiger charge is 2.32.